The predicted molar refractivity (Wildman–Crippen MR) is 68.2 cm³/mol. The maximum Gasteiger partial charge on any atom is 0.244 e. The lowest BCUT2D eigenvalue weighted by Crippen LogP contribution is -2.25. The van der Waals surface area contributed by atoms with Crippen molar-refractivity contribution in [3.8, 4) is 0 Å². The highest BCUT2D eigenvalue weighted by atomic mass is 35.5. The molecule has 0 unspecified atom stereocenters. The van der Waals surface area contributed by atoms with Crippen LogP contribution in [0.5, 0.6) is 0 Å². The van der Waals surface area contributed by atoms with Crippen molar-refractivity contribution in [1.82, 2.24) is 0 Å². The lowest BCUT2D eigenvalue weighted by molar-refractivity contribution is -0.121. The number of hydrogen-bond donors (Lipinski definition) is 0. The summed E-state index contributed by atoms with van der Waals surface area (Å²) >= 11 is 11.7. The Morgan fingerprint density at radius 1 is 0.778 bits per heavy atom. The molecule has 0 fully saturated rings. The quantitative estimate of drug-likeness (QED) is 0.748. The fraction of sp³-hybridized carbons (Fsp3) is 0.500. The molecule has 18 heavy (non-hydrogen) atoms. The number of hydrogen-bond acceptors (Lipinski definition) is 4. The third-order valence-corrected chi connectivity index (χ3v) is 2.60. The van der Waals surface area contributed by atoms with E-state index in [0.29, 0.717) is 0 Å². The Labute approximate surface area is 116 Å². The van der Waals surface area contributed by atoms with Gasteiger partial charge in [0.05, 0.1) is 12.2 Å². The summed E-state index contributed by atoms with van der Waals surface area (Å²) in [5.41, 5.74) is 0. The highest BCUT2D eigenvalue weighted by Gasteiger charge is 2.36. The molecule has 0 N–H and O–H groups in total. The lowest BCUT2D eigenvalue weighted by Gasteiger charge is -2.21. The van der Waals surface area contributed by atoms with Gasteiger partial charge in [0.2, 0.25) is 11.6 Å². The smallest absolute Gasteiger partial charge is 0.244 e. The van der Waals surface area contributed by atoms with Crippen molar-refractivity contribution in [3.63, 3.8) is 0 Å². The summed E-state index contributed by atoms with van der Waals surface area (Å²) in [6.45, 7) is 6.86. The van der Waals surface area contributed by atoms with Crippen molar-refractivity contribution < 1.29 is 19.1 Å². The Morgan fingerprint density at radius 3 is 1.28 bits per heavy atom. The first-order valence-corrected chi connectivity index (χ1v) is 6.23. The van der Waals surface area contributed by atoms with E-state index in [4.69, 9.17) is 32.7 Å². The molecule has 0 spiro atoms. The van der Waals surface area contributed by atoms with Crippen LogP contribution in [0.1, 0.15) is 27.7 Å². The minimum Gasteiger partial charge on any atom is -0.485 e. The molecule has 1 rings (SSSR count). The molecular formula is C12H14Cl2O4. The van der Waals surface area contributed by atoms with E-state index in [1.54, 1.807) is 27.7 Å². The Morgan fingerprint density at radius 2 is 1.06 bits per heavy atom. The molecule has 4 nitrogen and oxygen atoms in total. The summed E-state index contributed by atoms with van der Waals surface area (Å²) < 4.78 is 10.4. The highest BCUT2D eigenvalue weighted by Crippen LogP contribution is 2.31. The number of ketones is 2. The molecule has 0 saturated carbocycles. The van der Waals surface area contributed by atoms with Gasteiger partial charge in [0.1, 0.15) is 10.1 Å². The number of ether oxygens (including phenoxy) is 2. The molecular weight excluding hydrogens is 279 g/mol. The second-order valence-electron chi connectivity index (χ2n) is 4.28. The summed E-state index contributed by atoms with van der Waals surface area (Å²) in [5.74, 6) is -1.72. The summed E-state index contributed by atoms with van der Waals surface area (Å²) in [5, 5.41) is -0.595. The monoisotopic (exact) mass is 292 g/mol. The van der Waals surface area contributed by atoms with E-state index in [1.165, 1.54) is 0 Å². The number of carbonyl (C=O) groups excluding carboxylic acids is 2. The molecule has 100 valence electrons. The van der Waals surface area contributed by atoms with E-state index in [0.717, 1.165) is 0 Å². The molecule has 0 amide bonds. The van der Waals surface area contributed by atoms with Crippen LogP contribution < -0.4 is 0 Å². The van der Waals surface area contributed by atoms with E-state index in [2.05, 4.69) is 0 Å². The molecule has 0 heterocycles. The third-order valence-electron chi connectivity index (χ3n) is 1.92. The van der Waals surface area contributed by atoms with E-state index >= 15 is 0 Å². The van der Waals surface area contributed by atoms with Gasteiger partial charge in [0.15, 0.2) is 11.5 Å². The first kappa shape index (κ1) is 15.1. The van der Waals surface area contributed by atoms with Gasteiger partial charge in [-0.15, -0.1) is 0 Å². The third kappa shape index (κ3) is 3.06. The van der Waals surface area contributed by atoms with Crippen molar-refractivity contribution in [2.75, 3.05) is 0 Å². The van der Waals surface area contributed by atoms with Crippen molar-refractivity contribution in [3.05, 3.63) is 21.6 Å². The van der Waals surface area contributed by atoms with Gasteiger partial charge >= 0.3 is 0 Å². The van der Waals surface area contributed by atoms with E-state index in [-0.39, 0.29) is 33.8 Å². The number of carbonyl (C=O) groups is 2. The maximum atomic E-state index is 11.9. The van der Waals surface area contributed by atoms with E-state index in [1.807, 2.05) is 0 Å². The van der Waals surface area contributed by atoms with Gasteiger partial charge in [-0.1, -0.05) is 23.2 Å². The summed E-state index contributed by atoms with van der Waals surface area (Å²) in [6.07, 6.45) is -0.579. The van der Waals surface area contributed by atoms with Crippen LogP contribution in [0.2, 0.25) is 0 Å². The van der Waals surface area contributed by atoms with Gasteiger partial charge in [-0.2, -0.15) is 0 Å². The molecule has 1 aliphatic carbocycles. The summed E-state index contributed by atoms with van der Waals surface area (Å²) in [6, 6.07) is 0. The first-order valence-electron chi connectivity index (χ1n) is 5.48. The molecule has 0 aromatic carbocycles. The summed E-state index contributed by atoms with van der Waals surface area (Å²) in [4.78, 5) is 23.8. The van der Waals surface area contributed by atoms with Gasteiger partial charge in [0.25, 0.3) is 0 Å². The fourth-order valence-electron chi connectivity index (χ4n) is 1.29. The molecule has 0 aromatic rings. The van der Waals surface area contributed by atoms with Gasteiger partial charge < -0.3 is 9.47 Å². The highest BCUT2D eigenvalue weighted by molar-refractivity contribution is 6.55. The number of rotatable bonds is 4. The largest absolute Gasteiger partial charge is 0.485 e. The van der Waals surface area contributed by atoms with Crippen LogP contribution in [0.15, 0.2) is 21.6 Å². The van der Waals surface area contributed by atoms with Crippen LogP contribution in [0.4, 0.5) is 0 Å². The molecule has 0 atom stereocenters. The van der Waals surface area contributed by atoms with Crippen LogP contribution in [-0.4, -0.2) is 23.8 Å². The van der Waals surface area contributed by atoms with Crippen LogP contribution in [0.25, 0.3) is 0 Å². The maximum absolute atomic E-state index is 11.9. The first-order chi connectivity index (χ1) is 8.25. The Kier molecular flexibility index (Phi) is 4.82. The Bertz CT molecular complexity index is 405. The van der Waals surface area contributed by atoms with Crippen LogP contribution in [0, 0.1) is 0 Å². The molecule has 1 aliphatic rings. The van der Waals surface area contributed by atoms with Crippen molar-refractivity contribution in [1.29, 1.82) is 0 Å². The lowest BCUT2D eigenvalue weighted by atomic mass is 10.1. The topological polar surface area (TPSA) is 52.6 Å². The zero-order valence-electron chi connectivity index (χ0n) is 10.5. The normalized spacial score (nSPS) is 17.1. The predicted octanol–water partition coefficient (Wildman–Crippen LogP) is 2.89. The van der Waals surface area contributed by atoms with Gasteiger partial charge in [-0.05, 0) is 27.7 Å². The van der Waals surface area contributed by atoms with Crippen molar-refractivity contribution in [2.45, 2.75) is 39.9 Å². The average Bonchev–Trinajstić information content (AvgIpc) is 2.27. The fourth-order valence-corrected chi connectivity index (χ4v) is 1.72. The molecule has 0 bridgehead atoms. The minimum absolute atomic E-state index is 0.224. The van der Waals surface area contributed by atoms with Crippen LogP contribution in [0.3, 0.4) is 0 Å². The van der Waals surface area contributed by atoms with Gasteiger partial charge in [-0.3, -0.25) is 9.59 Å². The van der Waals surface area contributed by atoms with E-state index < -0.39 is 11.6 Å². The number of allylic oxidation sites excluding steroid dienone is 2. The molecule has 0 aromatic heterocycles. The van der Waals surface area contributed by atoms with Crippen molar-refractivity contribution in [2.24, 2.45) is 0 Å². The zero-order chi connectivity index (χ0) is 14.0. The molecule has 6 heteroatoms. The minimum atomic E-state index is -0.634. The SMILES string of the molecule is CC(C)OC1=C(Cl)C(=O)C(OC(C)C)=C(Cl)C1=O. The summed E-state index contributed by atoms with van der Waals surface area (Å²) in [7, 11) is 0. The second-order valence-corrected chi connectivity index (χ2v) is 5.03. The van der Waals surface area contributed by atoms with Crippen molar-refractivity contribution >= 4 is 34.8 Å². The number of Topliss-reactive ketones (excluding diaryl/α,β-unsaturated/α-hetero) is 2. The molecule has 0 saturated heterocycles. The second kappa shape index (κ2) is 5.76. The molecule has 0 radical (unpaired) electrons. The Hall–Kier alpha value is -1.00. The van der Waals surface area contributed by atoms with Gasteiger partial charge in [0, 0.05) is 0 Å². The number of halogens is 2. The van der Waals surface area contributed by atoms with Crippen LogP contribution >= 0.6 is 23.2 Å². The van der Waals surface area contributed by atoms with E-state index in [9.17, 15) is 9.59 Å². The van der Waals surface area contributed by atoms with Gasteiger partial charge in [-0.25, -0.2) is 0 Å². The Balaban J connectivity index is 3.15. The standard InChI is InChI=1S/C12H14Cl2O4/c1-5(2)17-11-7(13)10(16)12(18-6(3)4)8(14)9(11)15/h5-6H,1-4H3. The average molecular weight is 293 g/mol. The zero-order valence-corrected chi connectivity index (χ0v) is 12.1. The van der Waals surface area contributed by atoms with Crippen LogP contribution in [-0.2, 0) is 19.1 Å². The molecule has 0 aliphatic heterocycles.